The lowest BCUT2D eigenvalue weighted by Crippen LogP contribution is -2.36. The van der Waals surface area contributed by atoms with E-state index in [0.29, 0.717) is 152 Å². The van der Waals surface area contributed by atoms with Gasteiger partial charge in [0, 0.05) is 201 Å². The molecule has 12 aromatic rings. The number of aromatic nitrogens is 12. The van der Waals surface area contributed by atoms with E-state index in [1.54, 1.807) is 91.4 Å². The van der Waals surface area contributed by atoms with Gasteiger partial charge >= 0.3 is 17.9 Å². The van der Waals surface area contributed by atoms with Crippen LogP contribution < -0.4 is 30.2 Å². The maximum absolute atomic E-state index is 15.1. The molecule has 3 aliphatic rings. The van der Waals surface area contributed by atoms with Crippen molar-refractivity contribution in [2.75, 3.05) is 39.6 Å². The lowest BCUT2D eigenvalue weighted by atomic mass is 9.94. The highest BCUT2D eigenvalue weighted by Crippen LogP contribution is 2.39. The van der Waals surface area contributed by atoms with Crippen molar-refractivity contribution in [1.82, 2.24) is 76.4 Å². The second-order valence-corrected chi connectivity index (χ2v) is 33.3. The first kappa shape index (κ1) is 105. The summed E-state index contributed by atoms with van der Waals surface area (Å²) in [6.45, 7) is 18.0. The minimum atomic E-state index is -2.29. The van der Waals surface area contributed by atoms with Crippen molar-refractivity contribution in [3.05, 3.63) is 269 Å². The van der Waals surface area contributed by atoms with Crippen molar-refractivity contribution < 1.29 is 91.7 Å². The standard InChI is InChI=1S/3C27H26Cl2FN5O2.C7H10O6.C5H8O4.ClH/c3*1-16(27-22(28)14-31-15-23(27)29)37-20-4-5-25-21(10-20)26(35-34-25)11-24(30)17-2-3-19(32-12-17)13-33-18-6-8-36-9-7-18;1-4(8)7(13,2-5(9)10)3-6(11)12;1-3(6)4(7)2-5(8)9;/h3*2-5,10-12,14-16,18,33H,6-9,13H2,1H3,(H,34,35);8,13H,1-3H2,(H,9,10)(H,11,12);4,6-7H,1-2H2,(H,8,9);1H/b3*24-11-;;;/t3*16-;;4-;/m111.0./s1. The lowest BCUT2D eigenvalue weighted by Gasteiger charge is -2.23. The first-order valence-corrected chi connectivity index (χ1v) is 44.1. The molecule has 41 heteroatoms. The number of fused-ring (bicyclic) bond motifs is 3. The minimum absolute atomic E-state index is 0. The van der Waals surface area contributed by atoms with E-state index in [2.05, 4.69) is 89.6 Å². The number of nitrogens with one attached hydrogen (secondary N) is 6. The number of pyridine rings is 6. The molecule has 0 bridgehead atoms. The van der Waals surface area contributed by atoms with Crippen LogP contribution in [-0.4, -0.2) is 184 Å². The number of hydrogen-bond donors (Lipinski definition) is 13. The molecule has 3 aliphatic heterocycles. The summed E-state index contributed by atoms with van der Waals surface area (Å²) >= 11 is 37.6. The number of ether oxygens (including phenoxy) is 6. The fraction of sp³-hybridized carbons (Fsp3) is 0.312. The van der Waals surface area contributed by atoms with Gasteiger partial charge in [-0.2, -0.15) is 15.3 Å². The highest BCUT2D eigenvalue weighted by Gasteiger charge is 2.36. The Morgan fingerprint density at radius 2 is 0.731 bits per heavy atom. The third-order valence-corrected chi connectivity index (χ3v) is 23.0. The summed E-state index contributed by atoms with van der Waals surface area (Å²) in [5.41, 5.74) is 7.04. The van der Waals surface area contributed by atoms with Gasteiger partial charge in [-0.3, -0.25) is 59.6 Å². The number of carboxylic acid groups (broad SMARTS) is 3. The van der Waals surface area contributed by atoms with Crippen LogP contribution >= 0.6 is 82.0 Å². The van der Waals surface area contributed by atoms with Gasteiger partial charge in [-0.15, -0.1) is 12.4 Å². The monoisotopic (exact) mass is 1980 g/mol. The van der Waals surface area contributed by atoms with Crippen LogP contribution in [0.5, 0.6) is 17.2 Å². The van der Waals surface area contributed by atoms with Gasteiger partial charge in [0.1, 0.15) is 76.3 Å². The van der Waals surface area contributed by atoms with Crippen molar-refractivity contribution >= 4 is 168 Å². The largest absolute Gasteiger partial charge is 0.510 e. The number of H-pyrrole nitrogens is 3. The number of carbonyl (C=O) groups is 3. The summed E-state index contributed by atoms with van der Waals surface area (Å²) in [5, 5.41) is 96.4. The number of aliphatic hydroxyl groups is 4. The average Bonchev–Trinajstić information content (AvgIpc) is 1.71. The Morgan fingerprint density at radius 1 is 0.455 bits per heavy atom. The van der Waals surface area contributed by atoms with E-state index in [9.17, 15) is 19.5 Å². The van der Waals surface area contributed by atoms with Gasteiger partial charge in [-0.1, -0.05) is 82.8 Å². The maximum Gasteiger partial charge on any atom is 0.306 e. The summed E-state index contributed by atoms with van der Waals surface area (Å²) in [6.07, 6.45) is 19.1. The van der Waals surface area contributed by atoms with Crippen molar-refractivity contribution in [3.8, 4) is 17.2 Å². The summed E-state index contributed by atoms with van der Waals surface area (Å²) < 4.78 is 79.8. The first-order chi connectivity index (χ1) is 63.7. The van der Waals surface area contributed by atoms with E-state index in [1.165, 1.54) is 55.4 Å². The molecule has 0 aliphatic carbocycles. The van der Waals surface area contributed by atoms with Crippen molar-refractivity contribution in [2.45, 2.75) is 146 Å². The van der Waals surface area contributed by atoms with Gasteiger partial charge in [-0.05, 0) is 150 Å². The Kier molecular flexibility index (Phi) is 39.7. The highest BCUT2D eigenvalue weighted by molar-refractivity contribution is 6.37. The van der Waals surface area contributed by atoms with Crippen LogP contribution in [-0.2, 0) is 48.2 Å². The fourth-order valence-corrected chi connectivity index (χ4v) is 16.0. The highest BCUT2D eigenvalue weighted by atomic mass is 35.5. The Hall–Kier alpha value is -11.4. The Bertz CT molecular complexity index is 5500. The van der Waals surface area contributed by atoms with E-state index in [1.807, 2.05) is 39.0 Å². The molecule has 3 saturated heterocycles. The van der Waals surface area contributed by atoms with E-state index in [4.69, 9.17) is 129 Å². The smallest absolute Gasteiger partial charge is 0.306 e. The summed E-state index contributed by atoms with van der Waals surface area (Å²) in [4.78, 5) is 55.4. The van der Waals surface area contributed by atoms with E-state index in [0.717, 1.165) is 111 Å². The molecule has 0 amide bonds. The zero-order valence-corrected chi connectivity index (χ0v) is 77.8. The van der Waals surface area contributed by atoms with Crippen LogP contribution in [0.2, 0.25) is 30.1 Å². The molecule has 4 atom stereocenters. The number of rotatable bonds is 32. The predicted molar refractivity (Wildman–Crippen MR) is 508 cm³/mol. The summed E-state index contributed by atoms with van der Waals surface area (Å²) in [6, 6.07) is 28.2. The van der Waals surface area contributed by atoms with Crippen molar-refractivity contribution in [2.24, 2.45) is 0 Å². The second kappa shape index (κ2) is 50.8. The third kappa shape index (κ3) is 30.5. The number of aliphatic carboxylic acids is 3. The van der Waals surface area contributed by atoms with E-state index >= 15 is 13.2 Å². The SMILES string of the molecule is C=C(O)C(O)(CC(=O)O)CC(=O)O.C=C(O)[C@@H](O)CC(=O)O.C[C@@H](Oc1ccc2n[nH]c(/C=C(\F)c3ccc(CNC4CCOCC4)nc3)c2c1)c1c(Cl)cncc1Cl.C[C@@H](Oc1ccc2n[nH]c(/C=C(\F)c3ccc(CNC4CCOCC4)nc3)c2c1)c1c(Cl)cncc1Cl.C[C@@H](Oc1ccc2n[nH]c(/C=C(\F)c3ccc(CNC4CCOCC4)nc3)c2c1)c1c(Cl)cncc1Cl.Cl. The molecule has 3 aromatic carbocycles. The number of benzene rings is 3. The number of aromatic amines is 3. The fourth-order valence-electron chi connectivity index (χ4n) is 13.9. The molecule has 0 radical (unpaired) electrons. The van der Waals surface area contributed by atoms with Gasteiger partial charge in [-0.25, -0.2) is 13.2 Å². The Labute approximate surface area is 803 Å². The van der Waals surface area contributed by atoms with Crippen molar-refractivity contribution in [1.29, 1.82) is 0 Å². The molecule has 0 saturated carbocycles. The zero-order chi connectivity index (χ0) is 95.4. The molecule has 15 rings (SSSR count). The number of aliphatic hydroxyl groups excluding tert-OH is 3. The van der Waals surface area contributed by atoms with E-state index < -0.39 is 96.2 Å². The zero-order valence-electron chi connectivity index (χ0n) is 72.4. The van der Waals surface area contributed by atoms with Crippen molar-refractivity contribution in [3.63, 3.8) is 0 Å². The quantitative estimate of drug-likeness (QED) is 0.0174. The molecule has 0 unspecified atom stereocenters. The van der Waals surface area contributed by atoms with Crippen LogP contribution in [0.1, 0.15) is 164 Å². The Morgan fingerprint density at radius 3 is 0.955 bits per heavy atom. The topological polar surface area (TPSA) is 448 Å². The second-order valence-electron chi connectivity index (χ2n) is 30.9. The van der Waals surface area contributed by atoms with Gasteiger partial charge in [0.2, 0.25) is 0 Å². The predicted octanol–water partition coefficient (Wildman–Crippen LogP) is 19.7. The normalized spacial score (nSPS) is 14.9. The van der Waals surface area contributed by atoms with Gasteiger partial charge < -0.3 is 80.1 Å². The van der Waals surface area contributed by atoms with Crippen LogP contribution in [0.3, 0.4) is 0 Å². The molecular formula is C93H97Cl7F3N15O16. The number of nitrogens with zero attached hydrogens (tertiary/aromatic N) is 9. The summed E-state index contributed by atoms with van der Waals surface area (Å²) in [5.74, 6) is -4.92. The molecule has 3 fully saturated rings. The molecule has 13 N–H and O–H groups in total. The molecule has 0 spiro atoms. The maximum atomic E-state index is 15.1. The van der Waals surface area contributed by atoms with Gasteiger partial charge in [0.05, 0.1) is 100 Å². The van der Waals surface area contributed by atoms with Gasteiger partial charge in [0.15, 0.2) is 0 Å². The molecule has 31 nitrogen and oxygen atoms in total. The summed E-state index contributed by atoms with van der Waals surface area (Å²) in [7, 11) is 0. The minimum Gasteiger partial charge on any atom is -0.510 e. The molecule has 710 valence electrons. The van der Waals surface area contributed by atoms with Crippen LogP contribution in [0.25, 0.3) is 68.4 Å². The van der Waals surface area contributed by atoms with Gasteiger partial charge in [0.25, 0.3) is 0 Å². The number of carboxylic acids is 3. The molecule has 134 heavy (non-hydrogen) atoms. The average molecular weight is 1990 g/mol. The first-order valence-electron chi connectivity index (χ1n) is 41.8. The number of hydrogen-bond acceptors (Lipinski definition) is 25. The van der Waals surface area contributed by atoms with Crippen LogP contribution in [0.4, 0.5) is 13.2 Å². The third-order valence-electron chi connectivity index (χ3n) is 21.2. The molecular weight excluding hydrogens is 1890 g/mol. The Balaban J connectivity index is 0.000000186. The molecule has 9 aromatic heterocycles. The van der Waals surface area contributed by atoms with Crippen LogP contribution in [0.15, 0.2) is 171 Å². The number of halogens is 10. The van der Waals surface area contributed by atoms with Crippen LogP contribution in [0, 0.1) is 0 Å². The lowest BCUT2D eigenvalue weighted by molar-refractivity contribution is -0.148. The van der Waals surface area contributed by atoms with E-state index in [-0.39, 0.29) is 12.4 Å². The molecule has 12 heterocycles.